The molecule has 0 aromatic heterocycles. The molecule has 1 aliphatic rings. The van der Waals surface area contributed by atoms with Gasteiger partial charge in [0.15, 0.2) is 0 Å². The Kier molecular flexibility index (Phi) is 5.87. The van der Waals surface area contributed by atoms with Gasteiger partial charge in [0.1, 0.15) is 0 Å². The van der Waals surface area contributed by atoms with Crippen molar-refractivity contribution in [3.8, 4) is 0 Å². The summed E-state index contributed by atoms with van der Waals surface area (Å²) in [5, 5.41) is 0. The van der Waals surface area contributed by atoms with E-state index in [9.17, 15) is 0 Å². The summed E-state index contributed by atoms with van der Waals surface area (Å²) < 4.78 is 1.17. The molecule has 0 unspecified atom stereocenters. The Balaban J connectivity index is 1.48. The highest BCUT2D eigenvalue weighted by atomic mass is 79.9. The van der Waals surface area contributed by atoms with Crippen LogP contribution in [0.15, 0.2) is 53.0 Å². The molecule has 23 heavy (non-hydrogen) atoms. The van der Waals surface area contributed by atoms with Gasteiger partial charge in [0.25, 0.3) is 0 Å². The van der Waals surface area contributed by atoms with Crippen LogP contribution in [0.4, 0.5) is 0 Å². The predicted molar refractivity (Wildman–Crippen MR) is 101 cm³/mol. The van der Waals surface area contributed by atoms with Crippen LogP contribution in [0.1, 0.15) is 23.6 Å². The van der Waals surface area contributed by atoms with Crippen LogP contribution < -0.4 is 0 Å². The summed E-state index contributed by atoms with van der Waals surface area (Å²) in [6, 6.07) is 17.7. The first-order valence-electron chi connectivity index (χ1n) is 8.50. The van der Waals surface area contributed by atoms with Gasteiger partial charge in [0.2, 0.25) is 0 Å². The molecule has 122 valence electrons. The van der Waals surface area contributed by atoms with Gasteiger partial charge in [-0.05, 0) is 35.2 Å². The summed E-state index contributed by atoms with van der Waals surface area (Å²) in [7, 11) is 0. The number of hydrogen-bond donors (Lipinski definition) is 0. The van der Waals surface area contributed by atoms with E-state index in [1.807, 2.05) is 0 Å². The monoisotopic (exact) mass is 372 g/mol. The molecule has 1 saturated heterocycles. The van der Waals surface area contributed by atoms with Gasteiger partial charge < -0.3 is 0 Å². The Morgan fingerprint density at radius 3 is 1.91 bits per heavy atom. The van der Waals surface area contributed by atoms with E-state index in [-0.39, 0.29) is 0 Å². The largest absolute Gasteiger partial charge is 0.297 e. The number of hydrogen-bond acceptors (Lipinski definition) is 2. The first-order chi connectivity index (χ1) is 11.2. The Morgan fingerprint density at radius 2 is 1.35 bits per heavy atom. The van der Waals surface area contributed by atoms with Gasteiger partial charge in [-0.3, -0.25) is 9.80 Å². The molecule has 0 atom stereocenters. The third kappa shape index (κ3) is 4.90. The lowest BCUT2D eigenvalue weighted by molar-refractivity contribution is 0.122. The summed E-state index contributed by atoms with van der Waals surface area (Å²) >= 11 is 3.56. The highest BCUT2D eigenvalue weighted by Gasteiger charge is 2.17. The second-order valence-corrected chi connectivity index (χ2v) is 7.27. The molecule has 1 aliphatic heterocycles. The van der Waals surface area contributed by atoms with Gasteiger partial charge in [-0.15, -0.1) is 0 Å². The molecule has 1 fully saturated rings. The van der Waals surface area contributed by atoms with E-state index in [0.29, 0.717) is 0 Å². The Morgan fingerprint density at radius 1 is 0.783 bits per heavy atom. The molecule has 0 amide bonds. The fourth-order valence-electron chi connectivity index (χ4n) is 3.14. The molecule has 0 spiro atoms. The van der Waals surface area contributed by atoms with Crippen LogP contribution in [-0.2, 0) is 19.5 Å². The maximum Gasteiger partial charge on any atom is 0.0235 e. The van der Waals surface area contributed by atoms with Gasteiger partial charge in [0, 0.05) is 43.7 Å². The average Bonchev–Trinajstić information content (AvgIpc) is 2.57. The first kappa shape index (κ1) is 16.7. The Bertz CT molecular complexity index is 616. The van der Waals surface area contributed by atoms with Gasteiger partial charge in [-0.25, -0.2) is 0 Å². The molecule has 0 saturated carbocycles. The fourth-order valence-corrected chi connectivity index (χ4v) is 3.58. The van der Waals surface area contributed by atoms with Crippen LogP contribution in [0.25, 0.3) is 0 Å². The smallest absolute Gasteiger partial charge is 0.0235 e. The molecule has 0 aliphatic carbocycles. The second kappa shape index (κ2) is 8.09. The summed E-state index contributed by atoms with van der Waals surface area (Å²) in [6.45, 7) is 8.96. The third-order valence-corrected chi connectivity index (χ3v) is 5.09. The van der Waals surface area contributed by atoms with Gasteiger partial charge in [0.05, 0.1) is 0 Å². The first-order valence-corrected chi connectivity index (χ1v) is 9.29. The molecule has 0 N–H and O–H groups in total. The van der Waals surface area contributed by atoms with Gasteiger partial charge >= 0.3 is 0 Å². The Labute approximate surface area is 148 Å². The second-order valence-electron chi connectivity index (χ2n) is 6.35. The van der Waals surface area contributed by atoms with Crippen LogP contribution in [0.5, 0.6) is 0 Å². The van der Waals surface area contributed by atoms with Crippen molar-refractivity contribution in [1.82, 2.24) is 9.80 Å². The molecule has 0 radical (unpaired) electrons. The topological polar surface area (TPSA) is 6.48 Å². The number of piperazine rings is 1. The summed E-state index contributed by atoms with van der Waals surface area (Å²) in [5.41, 5.74) is 4.25. The number of halogens is 1. The van der Waals surface area contributed by atoms with Crippen molar-refractivity contribution >= 4 is 15.9 Å². The minimum atomic E-state index is 1.05. The van der Waals surface area contributed by atoms with Crippen molar-refractivity contribution in [2.75, 3.05) is 26.2 Å². The van der Waals surface area contributed by atoms with Crippen LogP contribution >= 0.6 is 15.9 Å². The van der Waals surface area contributed by atoms with Crippen molar-refractivity contribution in [2.24, 2.45) is 0 Å². The van der Waals surface area contributed by atoms with Gasteiger partial charge in [-0.2, -0.15) is 0 Å². The van der Waals surface area contributed by atoms with E-state index in [4.69, 9.17) is 0 Å². The molecule has 0 bridgehead atoms. The minimum Gasteiger partial charge on any atom is -0.297 e. The van der Waals surface area contributed by atoms with E-state index < -0.39 is 0 Å². The minimum absolute atomic E-state index is 1.05. The lowest BCUT2D eigenvalue weighted by atomic mass is 10.1. The van der Waals surface area contributed by atoms with E-state index in [1.54, 1.807) is 0 Å². The highest BCUT2D eigenvalue weighted by molar-refractivity contribution is 9.10. The summed E-state index contributed by atoms with van der Waals surface area (Å²) in [6.07, 6.45) is 1.12. The standard InChI is InChI=1S/C20H25BrN2/c1-2-17-6-8-18(9-7-17)15-22-10-12-23(13-11-22)16-19-4-3-5-20(21)14-19/h3-9,14H,2,10-13,15-16H2,1H3. The number of benzene rings is 2. The highest BCUT2D eigenvalue weighted by Crippen LogP contribution is 2.15. The lowest BCUT2D eigenvalue weighted by Gasteiger charge is -2.34. The van der Waals surface area contributed by atoms with E-state index in [2.05, 4.69) is 81.2 Å². The maximum atomic E-state index is 3.56. The van der Waals surface area contributed by atoms with Crippen LogP contribution in [0.3, 0.4) is 0 Å². The van der Waals surface area contributed by atoms with E-state index in [1.165, 1.54) is 21.2 Å². The zero-order valence-corrected chi connectivity index (χ0v) is 15.4. The maximum absolute atomic E-state index is 3.56. The molecule has 3 heteroatoms. The molecule has 1 heterocycles. The van der Waals surface area contributed by atoms with Crippen LogP contribution in [-0.4, -0.2) is 36.0 Å². The van der Waals surface area contributed by atoms with Crippen LogP contribution in [0.2, 0.25) is 0 Å². The summed E-state index contributed by atoms with van der Waals surface area (Å²) in [5.74, 6) is 0. The number of rotatable bonds is 5. The summed E-state index contributed by atoms with van der Waals surface area (Å²) in [4.78, 5) is 5.12. The lowest BCUT2D eigenvalue weighted by Crippen LogP contribution is -2.45. The predicted octanol–water partition coefficient (Wildman–Crippen LogP) is 4.33. The molecule has 2 aromatic rings. The Hall–Kier alpha value is -1.16. The number of aryl methyl sites for hydroxylation is 1. The van der Waals surface area contributed by atoms with Crippen molar-refractivity contribution in [1.29, 1.82) is 0 Å². The zero-order valence-electron chi connectivity index (χ0n) is 13.8. The molecular weight excluding hydrogens is 348 g/mol. The fraction of sp³-hybridized carbons (Fsp3) is 0.400. The van der Waals surface area contributed by atoms with Crippen molar-refractivity contribution < 1.29 is 0 Å². The molecule has 3 rings (SSSR count). The van der Waals surface area contributed by atoms with Crippen molar-refractivity contribution in [2.45, 2.75) is 26.4 Å². The third-order valence-electron chi connectivity index (χ3n) is 4.60. The van der Waals surface area contributed by atoms with E-state index >= 15 is 0 Å². The SMILES string of the molecule is CCc1ccc(CN2CCN(Cc3cccc(Br)c3)CC2)cc1. The molecular formula is C20H25BrN2. The molecule has 2 nitrogen and oxygen atoms in total. The zero-order chi connectivity index (χ0) is 16.1. The van der Waals surface area contributed by atoms with Crippen LogP contribution in [0, 0.1) is 0 Å². The average molecular weight is 373 g/mol. The van der Waals surface area contributed by atoms with Gasteiger partial charge in [-0.1, -0.05) is 59.3 Å². The number of nitrogens with zero attached hydrogens (tertiary/aromatic N) is 2. The normalized spacial score (nSPS) is 16.6. The molecule has 2 aromatic carbocycles. The van der Waals surface area contributed by atoms with E-state index in [0.717, 1.165) is 45.7 Å². The van der Waals surface area contributed by atoms with Crippen molar-refractivity contribution in [3.05, 3.63) is 69.7 Å². The quantitative estimate of drug-likeness (QED) is 0.770. The van der Waals surface area contributed by atoms with Crippen molar-refractivity contribution in [3.63, 3.8) is 0 Å².